The van der Waals surface area contributed by atoms with E-state index in [1.807, 2.05) is 20.8 Å². The Morgan fingerprint density at radius 1 is 1.07 bits per heavy atom. The van der Waals surface area contributed by atoms with Crippen molar-refractivity contribution in [3.05, 3.63) is 32.2 Å². The van der Waals surface area contributed by atoms with Gasteiger partial charge in [-0.1, -0.05) is 0 Å². The number of rotatable bonds is 0. The van der Waals surface area contributed by atoms with Gasteiger partial charge in [-0.05, 0) is 52.6 Å². The van der Waals surface area contributed by atoms with Gasteiger partial charge in [-0.25, -0.2) is 0 Å². The highest BCUT2D eigenvalue weighted by Crippen LogP contribution is 2.15. The number of nitrogens with zero attached hydrogens (tertiary/aromatic N) is 2. The molecule has 0 atom stereocenters. The van der Waals surface area contributed by atoms with Gasteiger partial charge in [-0.2, -0.15) is 10.2 Å². The molecule has 0 fully saturated rings. The van der Waals surface area contributed by atoms with E-state index < -0.39 is 0 Å². The molecule has 2 rings (SSSR count). The normalized spacial score (nSPS) is 9.67. The number of hydrogen-bond donors (Lipinski definition) is 2. The predicted octanol–water partition coefficient (Wildman–Crippen LogP) is 3.27. The summed E-state index contributed by atoms with van der Waals surface area (Å²) in [6, 6.07) is 0. The first-order valence-corrected chi connectivity index (χ1v) is 5.93. The van der Waals surface area contributed by atoms with Crippen molar-refractivity contribution in [1.29, 1.82) is 0 Å². The van der Waals surface area contributed by atoms with Crippen molar-refractivity contribution >= 4 is 31.9 Å². The van der Waals surface area contributed by atoms with Crippen LogP contribution in [0.15, 0.2) is 15.1 Å². The molecule has 2 heterocycles. The van der Waals surface area contributed by atoms with E-state index in [4.69, 9.17) is 0 Å². The molecule has 15 heavy (non-hydrogen) atoms. The molecule has 0 amide bonds. The Morgan fingerprint density at radius 2 is 1.73 bits per heavy atom. The quantitative estimate of drug-likeness (QED) is 0.776. The van der Waals surface area contributed by atoms with Crippen LogP contribution < -0.4 is 0 Å². The summed E-state index contributed by atoms with van der Waals surface area (Å²) >= 11 is 6.63. The van der Waals surface area contributed by atoms with Crippen LogP contribution >= 0.6 is 31.9 Å². The second kappa shape index (κ2) is 5.46. The number of aromatic nitrogens is 4. The molecular formula is C9H12Br2N4. The van der Waals surface area contributed by atoms with E-state index in [9.17, 15) is 0 Å². The predicted molar refractivity (Wildman–Crippen MR) is 66.8 cm³/mol. The van der Waals surface area contributed by atoms with Gasteiger partial charge in [0, 0.05) is 11.4 Å². The van der Waals surface area contributed by atoms with Crippen molar-refractivity contribution in [2.24, 2.45) is 0 Å². The van der Waals surface area contributed by atoms with Crippen LogP contribution in [-0.4, -0.2) is 20.4 Å². The molecule has 4 nitrogen and oxygen atoms in total. The molecule has 0 aliphatic heterocycles. The molecule has 0 aliphatic carbocycles. The van der Waals surface area contributed by atoms with E-state index >= 15 is 0 Å². The molecule has 2 aromatic rings. The van der Waals surface area contributed by atoms with Crippen molar-refractivity contribution in [3.63, 3.8) is 0 Å². The molecule has 0 bridgehead atoms. The third kappa shape index (κ3) is 3.46. The first-order valence-electron chi connectivity index (χ1n) is 4.35. The molecule has 2 N–H and O–H groups in total. The lowest BCUT2D eigenvalue weighted by Crippen LogP contribution is -1.68. The second-order valence-corrected chi connectivity index (χ2v) is 4.74. The minimum atomic E-state index is 1.02. The molecule has 0 saturated heterocycles. The van der Waals surface area contributed by atoms with Gasteiger partial charge < -0.3 is 0 Å². The zero-order chi connectivity index (χ0) is 11.4. The van der Waals surface area contributed by atoms with Gasteiger partial charge in [-0.15, -0.1) is 0 Å². The van der Waals surface area contributed by atoms with E-state index in [1.54, 1.807) is 6.20 Å². The highest BCUT2D eigenvalue weighted by atomic mass is 79.9. The number of aromatic amines is 2. The Labute approximate surface area is 105 Å². The molecular weight excluding hydrogens is 324 g/mol. The zero-order valence-electron chi connectivity index (χ0n) is 8.73. The largest absolute Gasteiger partial charge is 0.282 e. The maximum atomic E-state index is 3.94. The Kier molecular flexibility index (Phi) is 4.53. The molecule has 0 aliphatic rings. The molecule has 0 spiro atoms. The lowest BCUT2D eigenvalue weighted by atomic mass is 10.4. The Balaban J connectivity index is 0.000000151. The number of hydrogen-bond acceptors (Lipinski definition) is 2. The van der Waals surface area contributed by atoms with E-state index in [0.717, 1.165) is 26.0 Å². The summed E-state index contributed by atoms with van der Waals surface area (Å²) in [7, 11) is 0. The average Bonchev–Trinajstić information content (AvgIpc) is 2.70. The molecule has 0 aromatic carbocycles. The van der Waals surface area contributed by atoms with Crippen molar-refractivity contribution in [2.75, 3.05) is 0 Å². The van der Waals surface area contributed by atoms with E-state index in [0.29, 0.717) is 0 Å². The summed E-state index contributed by atoms with van der Waals surface area (Å²) in [5.74, 6) is 0. The highest BCUT2D eigenvalue weighted by Gasteiger charge is 1.98. The van der Waals surface area contributed by atoms with Crippen LogP contribution in [0, 0.1) is 20.8 Å². The van der Waals surface area contributed by atoms with Gasteiger partial charge in [0.1, 0.15) is 0 Å². The summed E-state index contributed by atoms with van der Waals surface area (Å²) in [5.41, 5.74) is 3.17. The van der Waals surface area contributed by atoms with Crippen molar-refractivity contribution < 1.29 is 0 Å². The summed E-state index contributed by atoms with van der Waals surface area (Å²) in [6.45, 7) is 5.88. The number of H-pyrrole nitrogens is 2. The van der Waals surface area contributed by atoms with Crippen LogP contribution in [0.25, 0.3) is 0 Å². The molecule has 0 saturated carbocycles. The Bertz CT molecular complexity index is 397. The van der Waals surface area contributed by atoms with Crippen LogP contribution in [0.5, 0.6) is 0 Å². The van der Waals surface area contributed by atoms with Crippen LogP contribution in [0.1, 0.15) is 17.1 Å². The SMILES string of the molecule is Cc1[nH]ncc1Br.Cc1n[nH]c(C)c1Br. The van der Waals surface area contributed by atoms with Gasteiger partial charge in [0.25, 0.3) is 0 Å². The van der Waals surface area contributed by atoms with Crippen molar-refractivity contribution in [1.82, 2.24) is 20.4 Å². The number of aryl methyl sites for hydroxylation is 3. The first-order chi connectivity index (χ1) is 7.02. The molecule has 0 unspecified atom stereocenters. The van der Waals surface area contributed by atoms with Gasteiger partial charge >= 0.3 is 0 Å². The smallest absolute Gasteiger partial charge is 0.0736 e. The fourth-order valence-corrected chi connectivity index (χ4v) is 1.24. The fraction of sp³-hybridized carbons (Fsp3) is 0.333. The van der Waals surface area contributed by atoms with Crippen LogP contribution in [0.2, 0.25) is 0 Å². The first kappa shape index (κ1) is 12.4. The third-order valence-electron chi connectivity index (χ3n) is 1.81. The van der Waals surface area contributed by atoms with Crippen LogP contribution in [-0.2, 0) is 0 Å². The van der Waals surface area contributed by atoms with Gasteiger partial charge in [0.05, 0.1) is 20.8 Å². The maximum absolute atomic E-state index is 3.94. The standard InChI is InChI=1S/C5H7BrN2.C4H5BrN2/c1-3-5(6)4(2)8-7-3;1-3-4(5)2-6-7-3/h1-2H3,(H,7,8);2H,1H3,(H,6,7). The number of nitrogens with one attached hydrogen (secondary N) is 2. The van der Waals surface area contributed by atoms with Gasteiger partial charge in [0.15, 0.2) is 0 Å². The van der Waals surface area contributed by atoms with E-state index in [2.05, 4.69) is 52.3 Å². The fourth-order valence-electron chi connectivity index (χ4n) is 0.873. The summed E-state index contributed by atoms with van der Waals surface area (Å²) in [5, 5.41) is 13.3. The topological polar surface area (TPSA) is 57.4 Å². The summed E-state index contributed by atoms with van der Waals surface area (Å²) < 4.78 is 2.12. The zero-order valence-corrected chi connectivity index (χ0v) is 11.9. The minimum Gasteiger partial charge on any atom is -0.282 e. The Hall–Kier alpha value is -0.620. The Morgan fingerprint density at radius 3 is 1.87 bits per heavy atom. The second-order valence-electron chi connectivity index (χ2n) is 3.09. The summed E-state index contributed by atoms with van der Waals surface area (Å²) in [6.07, 6.45) is 1.73. The van der Waals surface area contributed by atoms with Crippen molar-refractivity contribution in [2.45, 2.75) is 20.8 Å². The van der Waals surface area contributed by atoms with Gasteiger partial charge in [-0.3, -0.25) is 10.2 Å². The average molecular weight is 336 g/mol. The van der Waals surface area contributed by atoms with Crippen LogP contribution in [0.3, 0.4) is 0 Å². The van der Waals surface area contributed by atoms with Gasteiger partial charge in [0.2, 0.25) is 0 Å². The highest BCUT2D eigenvalue weighted by molar-refractivity contribution is 9.10. The van der Waals surface area contributed by atoms with Crippen molar-refractivity contribution in [3.8, 4) is 0 Å². The summed E-state index contributed by atoms with van der Waals surface area (Å²) in [4.78, 5) is 0. The molecule has 2 aromatic heterocycles. The molecule has 82 valence electrons. The molecule has 6 heteroatoms. The maximum Gasteiger partial charge on any atom is 0.0736 e. The molecule has 0 radical (unpaired) electrons. The minimum absolute atomic E-state index is 1.02. The lowest BCUT2D eigenvalue weighted by molar-refractivity contribution is 1.02. The van der Waals surface area contributed by atoms with Crippen LogP contribution in [0.4, 0.5) is 0 Å². The monoisotopic (exact) mass is 334 g/mol. The third-order valence-corrected chi connectivity index (χ3v) is 3.77. The van der Waals surface area contributed by atoms with E-state index in [-0.39, 0.29) is 0 Å². The van der Waals surface area contributed by atoms with E-state index in [1.165, 1.54) is 0 Å². The lowest BCUT2D eigenvalue weighted by Gasteiger charge is -1.81. The number of halogens is 2.